The first-order valence-corrected chi connectivity index (χ1v) is 7.84. The van der Waals surface area contributed by atoms with Crippen molar-refractivity contribution in [1.29, 1.82) is 0 Å². The number of anilines is 2. The minimum Gasteiger partial charge on any atom is -0.391 e. The van der Waals surface area contributed by atoms with E-state index in [0.717, 1.165) is 44.0 Å². The predicted octanol–water partition coefficient (Wildman–Crippen LogP) is 2.18. The van der Waals surface area contributed by atoms with Gasteiger partial charge in [-0.15, -0.1) is 0 Å². The first-order valence-electron chi connectivity index (χ1n) is 7.84. The van der Waals surface area contributed by atoms with E-state index < -0.39 is 0 Å². The minimum atomic E-state index is -0.253. The van der Waals surface area contributed by atoms with Gasteiger partial charge in [0.05, 0.1) is 12.1 Å². The van der Waals surface area contributed by atoms with E-state index in [1.807, 2.05) is 6.07 Å². The first-order chi connectivity index (χ1) is 9.83. The Balaban J connectivity index is 1.67. The van der Waals surface area contributed by atoms with Gasteiger partial charge >= 0.3 is 0 Å². The molecule has 2 aliphatic rings. The Labute approximate surface area is 120 Å². The number of aliphatic hydroxyl groups is 1. The molecule has 0 bridgehead atoms. The Morgan fingerprint density at radius 3 is 2.65 bits per heavy atom. The highest BCUT2D eigenvalue weighted by Gasteiger charge is 2.23. The van der Waals surface area contributed by atoms with Gasteiger partial charge in [0.15, 0.2) is 0 Å². The second kappa shape index (κ2) is 6.39. The zero-order chi connectivity index (χ0) is 13.8. The maximum atomic E-state index is 10.0. The second-order valence-electron chi connectivity index (χ2n) is 5.91. The van der Waals surface area contributed by atoms with Gasteiger partial charge in [0.2, 0.25) is 0 Å². The van der Waals surface area contributed by atoms with Gasteiger partial charge in [0.25, 0.3) is 0 Å². The van der Waals surface area contributed by atoms with Gasteiger partial charge in [-0.3, -0.25) is 0 Å². The van der Waals surface area contributed by atoms with Gasteiger partial charge in [-0.2, -0.15) is 0 Å². The third-order valence-electron chi connectivity index (χ3n) is 4.40. The van der Waals surface area contributed by atoms with E-state index in [2.05, 4.69) is 20.2 Å². The molecule has 0 aromatic carbocycles. The molecule has 1 aromatic rings. The van der Waals surface area contributed by atoms with Gasteiger partial charge in [-0.05, 0) is 32.1 Å². The molecule has 20 heavy (non-hydrogen) atoms. The zero-order valence-electron chi connectivity index (χ0n) is 12.0. The summed E-state index contributed by atoms with van der Waals surface area (Å²) in [6.45, 7) is 2.17. The molecule has 0 radical (unpaired) electrons. The molecule has 1 aliphatic carbocycles. The third kappa shape index (κ3) is 3.20. The molecule has 1 aliphatic heterocycles. The van der Waals surface area contributed by atoms with Gasteiger partial charge in [-0.25, -0.2) is 9.97 Å². The van der Waals surface area contributed by atoms with Crippen LogP contribution in [0, 0.1) is 0 Å². The maximum Gasteiger partial charge on any atom is 0.134 e. The summed E-state index contributed by atoms with van der Waals surface area (Å²) in [5.74, 6) is 1.85. The summed E-state index contributed by atoms with van der Waals surface area (Å²) in [6.07, 6.45) is 9.40. The van der Waals surface area contributed by atoms with Crippen molar-refractivity contribution in [2.75, 3.05) is 23.3 Å². The molecule has 3 rings (SSSR count). The van der Waals surface area contributed by atoms with Crippen molar-refractivity contribution in [2.24, 2.45) is 0 Å². The summed E-state index contributed by atoms with van der Waals surface area (Å²) in [7, 11) is 0. The minimum absolute atomic E-state index is 0.132. The fourth-order valence-corrected chi connectivity index (χ4v) is 3.19. The van der Waals surface area contributed by atoms with E-state index in [-0.39, 0.29) is 12.1 Å². The van der Waals surface area contributed by atoms with Crippen molar-refractivity contribution >= 4 is 11.6 Å². The molecule has 1 aromatic heterocycles. The van der Waals surface area contributed by atoms with Gasteiger partial charge < -0.3 is 15.3 Å². The number of rotatable bonds is 3. The van der Waals surface area contributed by atoms with Crippen LogP contribution in [0.5, 0.6) is 0 Å². The van der Waals surface area contributed by atoms with Crippen molar-refractivity contribution in [3.63, 3.8) is 0 Å². The van der Waals surface area contributed by atoms with Crippen LogP contribution < -0.4 is 10.2 Å². The number of hydrogen-bond donors (Lipinski definition) is 2. The molecule has 110 valence electrons. The number of nitrogens with one attached hydrogen (secondary N) is 1. The van der Waals surface area contributed by atoms with E-state index in [1.165, 1.54) is 25.7 Å². The standard InChI is InChI=1S/C15H24N4O/c20-13-7-3-2-6-12(13)18-14-10-15(17-11-16-14)19-8-4-1-5-9-19/h10-13,20H,1-9H2,(H,16,17,18)/t12-,13-/m0/s1. The molecule has 2 fully saturated rings. The molecule has 0 amide bonds. The highest BCUT2D eigenvalue weighted by Crippen LogP contribution is 2.23. The fraction of sp³-hybridized carbons (Fsp3) is 0.733. The van der Waals surface area contributed by atoms with Crippen LogP contribution in [-0.2, 0) is 0 Å². The SMILES string of the molecule is O[C@H]1CCCC[C@@H]1Nc1cc(N2CCCCC2)ncn1. The lowest BCUT2D eigenvalue weighted by Crippen LogP contribution is -2.36. The van der Waals surface area contributed by atoms with Crippen LogP contribution in [0.25, 0.3) is 0 Å². The van der Waals surface area contributed by atoms with Gasteiger partial charge in [0, 0.05) is 19.2 Å². The topological polar surface area (TPSA) is 61.3 Å². The van der Waals surface area contributed by atoms with Crippen LogP contribution in [0.3, 0.4) is 0 Å². The van der Waals surface area contributed by atoms with Crippen LogP contribution in [0.1, 0.15) is 44.9 Å². The van der Waals surface area contributed by atoms with Gasteiger partial charge in [-0.1, -0.05) is 12.8 Å². The predicted molar refractivity (Wildman–Crippen MR) is 80.0 cm³/mol. The molecule has 2 heterocycles. The third-order valence-corrected chi connectivity index (χ3v) is 4.40. The van der Waals surface area contributed by atoms with Crippen molar-refractivity contribution < 1.29 is 5.11 Å². The molecule has 1 saturated carbocycles. The van der Waals surface area contributed by atoms with Crippen molar-refractivity contribution in [1.82, 2.24) is 9.97 Å². The van der Waals surface area contributed by atoms with Crippen LogP contribution in [0.15, 0.2) is 12.4 Å². The zero-order valence-corrected chi connectivity index (χ0v) is 12.0. The Bertz CT molecular complexity index is 434. The molecule has 0 spiro atoms. The second-order valence-corrected chi connectivity index (χ2v) is 5.91. The Hall–Kier alpha value is -1.36. The van der Waals surface area contributed by atoms with E-state index in [1.54, 1.807) is 6.33 Å². The average molecular weight is 276 g/mol. The van der Waals surface area contributed by atoms with Crippen molar-refractivity contribution in [2.45, 2.75) is 57.1 Å². The molecule has 5 nitrogen and oxygen atoms in total. The fourth-order valence-electron chi connectivity index (χ4n) is 3.19. The van der Waals surface area contributed by atoms with Crippen LogP contribution in [0.2, 0.25) is 0 Å². The largest absolute Gasteiger partial charge is 0.391 e. The number of piperidine rings is 1. The molecule has 0 unspecified atom stereocenters. The maximum absolute atomic E-state index is 10.0. The summed E-state index contributed by atoms with van der Waals surface area (Å²) in [5, 5.41) is 13.4. The molecule has 5 heteroatoms. The monoisotopic (exact) mass is 276 g/mol. The van der Waals surface area contributed by atoms with E-state index >= 15 is 0 Å². The van der Waals surface area contributed by atoms with Crippen LogP contribution in [-0.4, -0.2) is 40.3 Å². The number of aliphatic hydroxyl groups excluding tert-OH is 1. The van der Waals surface area contributed by atoms with Crippen molar-refractivity contribution in [3.8, 4) is 0 Å². The summed E-state index contributed by atoms with van der Waals surface area (Å²) in [5.41, 5.74) is 0. The quantitative estimate of drug-likeness (QED) is 0.886. The molecule has 1 saturated heterocycles. The summed E-state index contributed by atoms with van der Waals surface area (Å²) < 4.78 is 0. The molecular formula is C15H24N4O. The van der Waals surface area contributed by atoms with Crippen LogP contribution in [0.4, 0.5) is 11.6 Å². The first kappa shape index (κ1) is 13.6. The Morgan fingerprint density at radius 2 is 1.85 bits per heavy atom. The van der Waals surface area contributed by atoms with Crippen molar-refractivity contribution in [3.05, 3.63) is 12.4 Å². The van der Waals surface area contributed by atoms with E-state index in [4.69, 9.17) is 0 Å². The lowest BCUT2D eigenvalue weighted by molar-refractivity contribution is 0.116. The molecule has 2 N–H and O–H groups in total. The average Bonchev–Trinajstić information content (AvgIpc) is 2.51. The summed E-state index contributed by atoms with van der Waals surface area (Å²) in [6, 6.07) is 2.15. The highest BCUT2D eigenvalue weighted by atomic mass is 16.3. The lowest BCUT2D eigenvalue weighted by atomic mass is 9.92. The number of nitrogens with zero attached hydrogens (tertiary/aromatic N) is 3. The molecular weight excluding hydrogens is 252 g/mol. The highest BCUT2D eigenvalue weighted by molar-refractivity contribution is 5.49. The van der Waals surface area contributed by atoms with Crippen LogP contribution >= 0.6 is 0 Å². The van der Waals surface area contributed by atoms with Gasteiger partial charge in [0.1, 0.15) is 18.0 Å². The normalized spacial score (nSPS) is 27.4. The Kier molecular flexibility index (Phi) is 4.35. The van der Waals surface area contributed by atoms with E-state index in [9.17, 15) is 5.11 Å². The Morgan fingerprint density at radius 1 is 1.05 bits per heavy atom. The smallest absolute Gasteiger partial charge is 0.134 e. The summed E-state index contributed by atoms with van der Waals surface area (Å²) >= 11 is 0. The van der Waals surface area contributed by atoms with E-state index in [0.29, 0.717) is 0 Å². The number of hydrogen-bond acceptors (Lipinski definition) is 5. The number of aromatic nitrogens is 2. The summed E-state index contributed by atoms with van der Waals surface area (Å²) in [4.78, 5) is 11.0. The molecule has 2 atom stereocenters. The lowest BCUT2D eigenvalue weighted by Gasteiger charge is -2.30.